The molecule has 2 saturated carbocycles. The molecule has 1 aromatic rings. The normalized spacial score (nSPS) is 24.3. The molecule has 2 aliphatic rings. The first-order chi connectivity index (χ1) is 14.3. The number of hydrogen-bond donors (Lipinski definition) is 2. The predicted octanol–water partition coefficient (Wildman–Crippen LogP) is 4.08. The fourth-order valence-corrected chi connectivity index (χ4v) is 5.29. The first-order valence-corrected chi connectivity index (χ1v) is 11.0. The summed E-state index contributed by atoms with van der Waals surface area (Å²) in [6.45, 7) is 9.93. The number of fused-ring (bicyclic) bond motifs is 2. The minimum Gasteiger partial charge on any atom is -0.394 e. The Kier molecular flexibility index (Phi) is 6.69. The molecule has 3 rings (SSSR count). The van der Waals surface area contributed by atoms with Gasteiger partial charge in [-0.2, -0.15) is 0 Å². The Balaban J connectivity index is 1.91. The van der Waals surface area contributed by atoms with Crippen LogP contribution in [0.25, 0.3) is 0 Å². The largest absolute Gasteiger partial charge is 0.394 e. The van der Waals surface area contributed by atoms with Crippen LogP contribution in [0.2, 0.25) is 0 Å². The highest BCUT2D eigenvalue weighted by Crippen LogP contribution is 2.55. The van der Waals surface area contributed by atoms with E-state index in [1.165, 1.54) is 24.8 Å². The topological polar surface area (TPSA) is 75.4 Å². The number of nitrogens with two attached hydrogens (primary N) is 1. The maximum atomic E-state index is 13.7. The molecule has 3 N–H and O–H groups in total. The van der Waals surface area contributed by atoms with E-state index in [9.17, 15) is 9.59 Å². The number of nitrogens with zero attached hydrogens (tertiary/aromatic N) is 1. The number of amides is 2. The molecule has 2 bridgehead atoms. The van der Waals surface area contributed by atoms with Crippen molar-refractivity contribution in [3.05, 3.63) is 58.4 Å². The molecular weight excluding hydrogens is 374 g/mol. The Labute approximate surface area is 180 Å². The molecule has 1 aromatic carbocycles. The van der Waals surface area contributed by atoms with E-state index >= 15 is 0 Å². The molecule has 4 atom stereocenters. The molecule has 0 spiro atoms. The summed E-state index contributed by atoms with van der Waals surface area (Å²) in [6, 6.07) is 10.8. The van der Waals surface area contributed by atoms with Crippen LogP contribution in [0.15, 0.2) is 52.9 Å². The standard InChI is InChI=1S/C25H35N3O2/c1-6-28(25(30)22(16(4)5)27-24(29)21(26)15(2)3)23-19-13-12-18(14-19)20(23)17-10-8-7-9-11-17/h7-11,18-20,23H,6,12-14,26H2,1-5H3,(H,27,29). The highest BCUT2D eigenvalue weighted by molar-refractivity contribution is 6.02. The first kappa shape index (κ1) is 22.1. The Hall–Kier alpha value is -2.56. The minimum absolute atomic E-state index is 0.106. The number of nitrogens with one attached hydrogen (secondary N) is 1. The number of allylic oxidation sites excluding steroid dienone is 2. The van der Waals surface area contributed by atoms with Gasteiger partial charge in [0.2, 0.25) is 0 Å². The van der Waals surface area contributed by atoms with Crippen LogP contribution in [-0.4, -0.2) is 29.3 Å². The molecule has 30 heavy (non-hydrogen) atoms. The molecule has 0 radical (unpaired) electrons. The van der Waals surface area contributed by atoms with Crippen LogP contribution in [0.4, 0.5) is 0 Å². The van der Waals surface area contributed by atoms with Crippen molar-refractivity contribution in [1.29, 1.82) is 0 Å². The monoisotopic (exact) mass is 409 g/mol. The number of benzene rings is 1. The number of rotatable bonds is 6. The maximum absolute atomic E-state index is 13.7. The van der Waals surface area contributed by atoms with E-state index in [0.29, 0.717) is 30.0 Å². The molecule has 5 heteroatoms. The van der Waals surface area contributed by atoms with Gasteiger partial charge in [0, 0.05) is 18.5 Å². The van der Waals surface area contributed by atoms with Crippen molar-refractivity contribution < 1.29 is 9.59 Å². The number of likely N-dealkylation sites (N-methyl/N-ethyl adjacent to an activating group) is 1. The fourth-order valence-electron chi connectivity index (χ4n) is 5.29. The lowest BCUT2D eigenvalue weighted by Gasteiger charge is -2.40. The van der Waals surface area contributed by atoms with E-state index in [1.54, 1.807) is 13.8 Å². The highest BCUT2D eigenvalue weighted by atomic mass is 16.2. The van der Waals surface area contributed by atoms with Crippen molar-refractivity contribution in [2.75, 3.05) is 6.54 Å². The zero-order valence-corrected chi connectivity index (χ0v) is 18.9. The first-order valence-electron chi connectivity index (χ1n) is 11.0. The fraction of sp³-hybridized carbons (Fsp3) is 0.520. The van der Waals surface area contributed by atoms with Crippen molar-refractivity contribution in [3.8, 4) is 0 Å². The van der Waals surface area contributed by atoms with Crippen molar-refractivity contribution in [1.82, 2.24) is 10.2 Å². The van der Waals surface area contributed by atoms with Gasteiger partial charge in [0.25, 0.3) is 11.8 Å². The van der Waals surface area contributed by atoms with E-state index in [1.807, 2.05) is 31.7 Å². The van der Waals surface area contributed by atoms with Gasteiger partial charge in [0.1, 0.15) is 5.70 Å². The van der Waals surface area contributed by atoms with E-state index in [4.69, 9.17) is 5.73 Å². The molecular formula is C25H35N3O2. The van der Waals surface area contributed by atoms with E-state index < -0.39 is 5.91 Å². The number of carbonyl (C=O) groups excluding carboxylic acids is 2. The molecule has 0 aliphatic heterocycles. The number of carbonyl (C=O) groups is 2. The summed E-state index contributed by atoms with van der Waals surface area (Å²) in [5.41, 5.74) is 9.25. The smallest absolute Gasteiger partial charge is 0.271 e. The third kappa shape index (κ3) is 4.16. The van der Waals surface area contributed by atoms with Crippen molar-refractivity contribution in [2.24, 2.45) is 17.6 Å². The van der Waals surface area contributed by atoms with Crippen LogP contribution in [0, 0.1) is 11.8 Å². The van der Waals surface area contributed by atoms with Crippen molar-refractivity contribution >= 4 is 11.8 Å². The van der Waals surface area contributed by atoms with Crippen LogP contribution >= 0.6 is 0 Å². The third-order valence-corrected chi connectivity index (χ3v) is 6.75. The summed E-state index contributed by atoms with van der Waals surface area (Å²) in [5, 5.41) is 2.80. The van der Waals surface area contributed by atoms with Crippen LogP contribution in [0.1, 0.15) is 65.4 Å². The second-order valence-corrected chi connectivity index (χ2v) is 9.09. The van der Waals surface area contributed by atoms with Gasteiger partial charge in [-0.1, -0.05) is 30.3 Å². The van der Waals surface area contributed by atoms with Gasteiger partial charge < -0.3 is 16.0 Å². The third-order valence-electron chi connectivity index (χ3n) is 6.75. The second-order valence-electron chi connectivity index (χ2n) is 9.09. The van der Waals surface area contributed by atoms with E-state index in [-0.39, 0.29) is 17.6 Å². The average Bonchev–Trinajstić information content (AvgIpc) is 3.34. The van der Waals surface area contributed by atoms with Crippen molar-refractivity contribution in [3.63, 3.8) is 0 Å². The molecule has 2 aliphatic carbocycles. The van der Waals surface area contributed by atoms with E-state index in [0.717, 1.165) is 11.1 Å². The molecule has 5 nitrogen and oxygen atoms in total. The van der Waals surface area contributed by atoms with Crippen LogP contribution < -0.4 is 11.1 Å². The Morgan fingerprint density at radius 2 is 1.67 bits per heavy atom. The summed E-state index contributed by atoms with van der Waals surface area (Å²) >= 11 is 0. The van der Waals surface area contributed by atoms with Gasteiger partial charge in [-0.05, 0) is 82.4 Å². The molecule has 4 unspecified atom stereocenters. The van der Waals surface area contributed by atoms with Gasteiger partial charge in [0.05, 0.1) is 5.70 Å². The molecule has 0 heterocycles. The van der Waals surface area contributed by atoms with Gasteiger partial charge in [-0.15, -0.1) is 0 Å². The van der Waals surface area contributed by atoms with E-state index in [2.05, 4.69) is 29.6 Å². The SMILES string of the molecule is CCN(C(=O)C(NC(=O)C(N)=C(C)C)=C(C)C)C1C2CCC(C2)C1c1ccccc1. The van der Waals surface area contributed by atoms with Crippen LogP contribution in [0.5, 0.6) is 0 Å². The lowest BCUT2D eigenvalue weighted by atomic mass is 9.79. The zero-order chi connectivity index (χ0) is 22.0. The minimum atomic E-state index is -0.414. The Morgan fingerprint density at radius 1 is 1.03 bits per heavy atom. The highest BCUT2D eigenvalue weighted by Gasteiger charge is 2.51. The van der Waals surface area contributed by atoms with Gasteiger partial charge >= 0.3 is 0 Å². The lowest BCUT2D eigenvalue weighted by Crippen LogP contribution is -2.49. The quantitative estimate of drug-likeness (QED) is 0.695. The maximum Gasteiger partial charge on any atom is 0.271 e. The average molecular weight is 410 g/mol. The summed E-state index contributed by atoms with van der Waals surface area (Å²) in [4.78, 5) is 28.2. The molecule has 0 saturated heterocycles. The van der Waals surface area contributed by atoms with Gasteiger partial charge in [-0.3, -0.25) is 9.59 Å². The molecule has 2 amide bonds. The Morgan fingerprint density at radius 3 is 2.23 bits per heavy atom. The van der Waals surface area contributed by atoms with Gasteiger partial charge in [0.15, 0.2) is 0 Å². The summed E-state index contributed by atoms with van der Waals surface area (Å²) in [7, 11) is 0. The molecule has 0 aromatic heterocycles. The van der Waals surface area contributed by atoms with Crippen LogP contribution in [0.3, 0.4) is 0 Å². The molecule has 2 fully saturated rings. The Bertz CT molecular complexity index is 864. The zero-order valence-electron chi connectivity index (χ0n) is 18.9. The van der Waals surface area contributed by atoms with Gasteiger partial charge in [-0.25, -0.2) is 0 Å². The summed E-state index contributed by atoms with van der Waals surface area (Å²) < 4.78 is 0. The second kappa shape index (κ2) is 9.07. The lowest BCUT2D eigenvalue weighted by molar-refractivity contribution is -0.132. The van der Waals surface area contributed by atoms with Crippen LogP contribution in [-0.2, 0) is 9.59 Å². The van der Waals surface area contributed by atoms with Crippen molar-refractivity contribution in [2.45, 2.75) is 65.8 Å². The summed E-state index contributed by atoms with van der Waals surface area (Å²) in [6.07, 6.45) is 3.58. The summed E-state index contributed by atoms with van der Waals surface area (Å²) in [5.74, 6) is 0.969. The molecule has 162 valence electrons. The predicted molar refractivity (Wildman–Crippen MR) is 120 cm³/mol. The number of hydrogen-bond acceptors (Lipinski definition) is 3.